The number of carbonyl (C=O) groups excluding carboxylic acids is 3. The molecule has 0 saturated heterocycles. The van der Waals surface area contributed by atoms with Crippen molar-refractivity contribution in [2.45, 2.75) is 13.0 Å². The van der Waals surface area contributed by atoms with E-state index in [1.54, 1.807) is 16.2 Å². The predicted octanol–water partition coefficient (Wildman–Crippen LogP) is 2.29. The second-order valence-corrected chi connectivity index (χ2v) is 6.95. The van der Waals surface area contributed by atoms with Gasteiger partial charge in [0.2, 0.25) is 0 Å². The molecule has 0 spiro atoms. The van der Waals surface area contributed by atoms with Crippen molar-refractivity contribution in [3.63, 3.8) is 0 Å². The molecule has 7 nitrogen and oxygen atoms in total. The van der Waals surface area contributed by atoms with E-state index in [0.717, 1.165) is 6.42 Å². The highest BCUT2D eigenvalue weighted by Gasteiger charge is 2.22. The largest absolute Gasteiger partial charge is 0.484 e. The second kappa shape index (κ2) is 8.22. The number of amides is 1. The fourth-order valence-corrected chi connectivity index (χ4v) is 3.74. The van der Waals surface area contributed by atoms with E-state index in [4.69, 9.17) is 4.74 Å². The number of hydrogen-bond acceptors (Lipinski definition) is 7. The minimum Gasteiger partial charge on any atom is -0.484 e. The fourth-order valence-electron chi connectivity index (χ4n) is 2.85. The zero-order valence-corrected chi connectivity index (χ0v) is 15.8. The van der Waals surface area contributed by atoms with Crippen molar-refractivity contribution in [2.24, 2.45) is 0 Å². The lowest BCUT2D eigenvalue weighted by atomic mass is 10.1. The standard InChI is InChI=1S/C19H19NO6S/c1-24-18(22)13-7-14(19(23)25-2)9-15(8-13)26-11-17(21)20-5-3-16-12(10-20)4-6-27-16/h4,6-9H,3,5,10-11H2,1-2H3. The Morgan fingerprint density at radius 2 is 1.74 bits per heavy atom. The number of benzene rings is 1. The van der Waals surface area contributed by atoms with Gasteiger partial charge in [-0.15, -0.1) is 11.3 Å². The Hall–Kier alpha value is -2.87. The number of carbonyl (C=O) groups is 3. The molecule has 8 heteroatoms. The minimum atomic E-state index is -0.613. The van der Waals surface area contributed by atoms with Crippen LogP contribution in [0.5, 0.6) is 5.75 Å². The van der Waals surface area contributed by atoms with Gasteiger partial charge < -0.3 is 19.1 Å². The number of ether oxygens (including phenoxy) is 3. The lowest BCUT2D eigenvalue weighted by molar-refractivity contribution is -0.134. The molecule has 1 aliphatic rings. The van der Waals surface area contributed by atoms with Gasteiger partial charge in [0, 0.05) is 18.0 Å². The maximum atomic E-state index is 12.5. The molecular weight excluding hydrogens is 370 g/mol. The average Bonchev–Trinajstić information content (AvgIpc) is 3.18. The van der Waals surface area contributed by atoms with Crippen molar-refractivity contribution in [3.05, 3.63) is 51.2 Å². The van der Waals surface area contributed by atoms with Gasteiger partial charge in [0.05, 0.1) is 25.3 Å². The predicted molar refractivity (Wildman–Crippen MR) is 98.1 cm³/mol. The first-order valence-electron chi connectivity index (χ1n) is 8.29. The van der Waals surface area contributed by atoms with Crippen LogP contribution in [0.2, 0.25) is 0 Å². The van der Waals surface area contributed by atoms with Crippen molar-refractivity contribution < 1.29 is 28.6 Å². The molecule has 0 radical (unpaired) electrons. The van der Waals surface area contributed by atoms with Crippen LogP contribution in [-0.4, -0.2) is 50.1 Å². The number of nitrogens with zero attached hydrogens (tertiary/aromatic N) is 1. The van der Waals surface area contributed by atoms with Crippen LogP contribution in [-0.2, 0) is 27.2 Å². The maximum Gasteiger partial charge on any atom is 0.338 e. The van der Waals surface area contributed by atoms with Gasteiger partial charge in [-0.05, 0) is 41.6 Å². The van der Waals surface area contributed by atoms with E-state index in [-0.39, 0.29) is 29.4 Å². The number of methoxy groups -OCH3 is 2. The van der Waals surface area contributed by atoms with Gasteiger partial charge in [-0.2, -0.15) is 0 Å². The number of hydrogen-bond donors (Lipinski definition) is 0. The van der Waals surface area contributed by atoms with Gasteiger partial charge in [-0.25, -0.2) is 9.59 Å². The summed E-state index contributed by atoms with van der Waals surface area (Å²) in [6.07, 6.45) is 0.836. The lowest BCUT2D eigenvalue weighted by Gasteiger charge is -2.27. The summed E-state index contributed by atoms with van der Waals surface area (Å²) in [5, 5.41) is 2.03. The highest BCUT2D eigenvalue weighted by molar-refractivity contribution is 7.10. The van der Waals surface area contributed by atoms with Gasteiger partial charge in [0.1, 0.15) is 5.75 Å². The topological polar surface area (TPSA) is 82.1 Å². The summed E-state index contributed by atoms with van der Waals surface area (Å²) in [5.41, 5.74) is 1.45. The first-order valence-corrected chi connectivity index (χ1v) is 9.17. The second-order valence-electron chi connectivity index (χ2n) is 5.95. The molecule has 0 bridgehead atoms. The van der Waals surface area contributed by atoms with Crippen LogP contribution >= 0.6 is 11.3 Å². The van der Waals surface area contributed by atoms with Crippen LogP contribution in [0.3, 0.4) is 0 Å². The average molecular weight is 389 g/mol. The number of esters is 2. The van der Waals surface area contributed by atoms with Gasteiger partial charge in [0.15, 0.2) is 6.61 Å². The zero-order valence-electron chi connectivity index (χ0n) is 15.0. The summed E-state index contributed by atoms with van der Waals surface area (Å²) >= 11 is 1.71. The summed E-state index contributed by atoms with van der Waals surface area (Å²) in [6, 6.07) is 6.25. The minimum absolute atomic E-state index is 0.142. The summed E-state index contributed by atoms with van der Waals surface area (Å²) in [4.78, 5) is 39.1. The maximum absolute atomic E-state index is 12.5. The van der Waals surface area contributed by atoms with E-state index < -0.39 is 11.9 Å². The summed E-state index contributed by atoms with van der Waals surface area (Å²) < 4.78 is 14.9. The molecule has 1 aromatic heterocycles. The molecule has 1 aliphatic heterocycles. The van der Waals surface area contributed by atoms with E-state index in [2.05, 4.69) is 9.47 Å². The summed E-state index contributed by atoms with van der Waals surface area (Å²) in [7, 11) is 2.48. The molecule has 1 amide bonds. The van der Waals surface area contributed by atoms with Crippen LogP contribution in [0.15, 0.2) is 29.6 Å². The van der Waals surface area contributed by atoms with Crippen LogP contribution in [0.1, 0.15) is 31.2 Å². The van der Waals surface area contributed by atoms with Crippen LogP contribution < -0.4 is 4.74 Å². The van der Waals surface area contributed by atoms with E-state index >= 15 is 0 Å². The number of fused-ring (bicyclic) bond motifs is 1. The Labute approximate surface area is 160 Å². The lowest BCUT2D eigenvalue weighted by Crippen LogP contribution is -2.38. The normalized spacial score (nSPS) is 12.9. The van der Waals surface area contributed by atoms with Gasteiger partial charge in [-0.3, -0.25) is 4.79 Å². The Morgan fingerprint density at radius 3 is 2.37 bits per heavy atom. The molecule has 0 saturated carbocycles. The van der Waals surface area contributed by atoms with Gasteiger partial charge >= 0.3 is 11.9 Å². The van der Waals surface area contributed by atoms with Crippen molar-refractivity contribution in [3.8, 4) is 5.75 Å². The smallest absolute Gasteiger partial charge is 0.338 e. The Balaban J connectivity index is 1.70. The highest BCUT2D eigenvalue weighted by atomic mass is 32.1. The quantitative estimate of drug-likeness (QED) is 0.730. The summed E-state index contributed by atoms with van der Waals surface area (Å²) in [5.74, 6) is -1.16. The van der Waals surface area contributed by atoms with E-state index in [9.17, 15) is 14.4 Å². The Bertz CT molecular complexity index is 841. The SMILES string of the molecule is COC(=O)c1cc(OCC(=O)N2CCc3sccc3C2)cc(C(=O)OC)c1. The fraction of sp³-hybridized carbons (Fsp3) is 0.316. The third kappa shape index (κ3) is 4.28. The molecule has 0 unspecified atom stereocenters. The highest BCUT2D eigenvalue weighted by Crippen LogP contribution is 2.24. The van der Waals surface area contributed by atoms with Crippen molar-refractivity contribution in [1.29, 1.82) is 0 Å². The molecule has 1 aromatic carbocycles. The van der Waals surface area contributed by atoms with Crippen LogP contribution in [0.25, 0.3) is 0 Å². The third-order valence-corrected chi connectivity index (χ3v) is 5.29. The monoisotopic (exact) mass is 389 g/mol. The van der Waals surface area contributed by atoms with Crippen molar-refractivity contribution in [2.75, 3.05) is 27.4 Å². The molecule has 3 rings (SSSR count). The van der Waals surface area contributed by atoms with Crippen LogP contribution in [0.4, 0.5) is 0 Å². The van der Waals surface area contributed by atoms with E-state index in [1.807, 2.05) is 11.4 Å². The molecular formula is C19H19NO6S. The zero-order chi connectivity index (χ0) is 19.4. The molecule has 0 aliphatic carbocycles. The Kier molecular flexibility index (Phi) is 5.75. The molecule has 142 valence electrons. The van der Waals surface area contributed by atoms with Crippen LogP contribution in [0, 0.1) is 0 Å². The molecule has 2 aromatic rings. The number of rotatable bonds is 5. The molecule has 0 N–H and O–H groups in total. The first kappa shape index (κ1) is 18.9. The molecule has 0 atom stereocenters. The number of thiophene rings is 1. The molecule has 27 heavy (non-hydrogen) atoms. The summed E-state index contributed by atoms with van der Waals surface area (Å²) in [6.45, 7) is 1.02. The van der Waals surface area contributed by atoms with Crippen molar-refractivity contribution >= 4 is 29.2 Å². The van der Waals surface area contributed by atoms with E-state index in [0.29, 0.717) is 13.1 Å². The van der Waals surface area contributed by atoms with Crippen molar-refractivity contribution in [1.82, 2.24) is 4.90 Å². The molecule has 2 heterocycles. The first-order chi connectivity index (χ1) is 13.0. The molecule has 0 fully saturated rings. The Morgan fingerprint density at radius 1 is 1.07 bits per heavy atom. The van der Waals surface area contributed by atoms with E-state index in [1.165, 1.54) is 42.9 Å². The van der Waals surface area contributed by atoms with Gasteiger partial charge in [-0.1, -0.05) is 0 Å². The van der Waals surface area contributed by atoms with Gasteiger partial charge in [0.25, 0.3) is 5.91 Å². The third-order valence-electron chi connectivity index (χ3n) is 4.27.